The number of thiophene rings is 1. The van der Waals surface area contributed by atoms with Gasteiger partial charge >= 0.3 is 0 Å². The van der Waals surface area contributed by atoms with Gasteiger partial charge in [0.2, 0.25) is 5.91 Å². The summed E-state index contributed by atoms with van der Waals surface area (Å²) in [6.45, 7) is 5.09. The van der Waals surface area contributed by atoms with Crippen molar-refractivity contribution < 1.29 is 9.53 Å². The number of aromatic nitrogens is 3. The van der Waals surface area contributed by atoms with Crippen LogP contribution >= 0.6 is 23.1 Å². The molecule has 0 fully saturated rings. The Kier molecular flexibility index (Phi) is 7.27. The Bertz CT molecular complexity index is 1000. The molecule has 1 N–H and O–H groups in total. The second kappa shape index (κ2) is 10.1. The maximum Gasteiger partial charge on any atom is 0.235 e. The van der Waals surface area contributed by atoms with Crippen molar-refractivity contribution in [1.29, 1.82) is 5.26 Å². The van der Waals surface area contributed by atoms with Crippen molar-refractivity contribution in [1.82, 2.24) is 14.8 Å². The zero-order chi connectivity index (χ0) is 20.6. The molecule has 0 aliphatic heterocycles. The number of nitriles is 1. The number of carbonyl (C=O) groups excluding carboxylic acids is 1. The topological polar surface area (TPSA) is 92.8 Å². The normalized spacial score (nSPS) is 10.5. The third-order valence-electron chi connectivity index (χ3n) is 4.18. The number of aryl methyl sites for hydroxylation is 1. The van der Waals surface area contributed by atoms with E-state index in [0.29, 0.717) is 34.7 Å². The fourth-order valence-electron chi connectivity index (χ4n) is 2.61. The molecule has 0 aliphatic carbocycles. The predicted molar refractivity (Wildman–Crippen MR) is 114 cm³/mol. The molecular formula is C20H21N5O2S2. The Hall–Kier alpha value is -2.83. The molecule has 0 spiro atoms. The van der Waals surface area contributed by atoms with Gasteiger partial charge in [0, 0.05) is 6.54 Å². The Morgan fingerprint density at radius 2 is 2.07 bits per heavy atom. The van der Waals surface area contributed by atoms with Crippen LogP contribution in [0.15, 0.2) is 40.9 Å². The molecule has 0 saturated carbocycles. The smallest absolute Gasteiger partial charge is 0.235 e. The van der Waals surface area contributed by atoms with E-state index in [1.165, 1.54) is 28.7 Å². The lowest BCUT2D eigenvalue weighted by molar-refractivity contribution is -0.113. The highest BCUT2D eigenvalue weighted by Crippen LogP contribution is 2.23. The zero-order valence-electron chi connectivity index (χ0n) is 16.2. The third kappa shape index (κ3) is 5.37. The lowest BCUT2D eigenvalue weighted by Gasteiger charge is -2.09. The number of hydrogen-bond acceptors (Lipinski definition) is 7. The summed E-state index contributed by atoms with van der Waals surface area (Å²) in [5.74, 6) is 1.49. The van der Waals surface area contributed by atoms with Gasteiger partial charge in [-0.3, -0.25) is 4.79 Å². The number of benzene rings is 1. The number of nitrogens with one attached hydrogen (secondary N) is 1. The Balaban J connectivity index is 1.57. The van der Waals surface area contributed by atoms with Gasteiger partial charge in [0.1, 0.15) is 23.4 Å². The first-order valence-electron chi connectivity index (χ1n) is 9.18. The maximum atomic E-state index is 12.2. The van der Waals surface area contributed by atoms with Crippen molar-refractivity contribution in [3.8, 4) is 11.8 Å². The largest absolute Gasteiger partial charge is 0.486 e. The molecule has 0 bridgehead atoms. The van der Waals surface area contributed by atoms with Gasteiger partial charge in [-0.15, -0.1) is 21.5 Å². The van der Waals surface area contributed by atoms with Crippen LogP contribution in [0.2, 0.25) is 0 Å². The Labute approximate surface area is 177 Å². The van der Waals surface area contributed by atoms with Crippen LogP contribution in [0, 0.1) is 11.3 Å². The van der Waals surface area contributed by atoms with Crippen LogP contribution in [0.4, 0.5) is 5.00 Å². The van der Waals surface area contributed by atoms with E-state index in [9.17, 15) is 4.79 Å². The van der Waals surface area contributed by atoms with Crippen LogP contribution < -0.4 is 10.1 Å². The molecule has 3 aromatic rings. The molecule has 1 amide bonds. The SMILES string of the molecule is CCc1ccc(OCc2nnc(SCC(=O)Nc3sccc3C#N)n2CC)cc1. The molecule has 150 valence electrons. The van der Waals surface area contributed by atoms with E-state index >= 15 is 0 Å². The highest BCUT2D eigenvalue weighted by atomic mass is 32.2. The summed E-state index contributed by atoms with van der Waals surface area (Å²) in [4.78, 5) is 12.2. The van der Waals surface area contributed by atoms with Gasteiger partial charge in [0.15, 0.2) is 11.0 Å². The summed E-state index contributed by atoms with van der Waals surface area (Å²) in [5, 5.41) is 23.2. The van der Waals surface area contributed by atoms with Crippen LogP contribution in [0.25, 0.3) is 0 Å². The molecule has 1 aromatic carbocycles. The Morgan fingerprint density at radius 3 is 2.76 bits per heavy atom. The van der Waals surface area contributed by atoms with Gasteiger partial charge in [0.25, 0.3) is 0 Å². The summed E-state index contributed by atoms with van der Waals surface area (Å²) >= 11 is 2.64. The van der Waals surface area contributed by atoms with Gasteiger partial charge < -0.3 is 14.6 Å². The first-order valence-corrected chi connectivity index (χ1v) is 11.0. The number of anilines is 1. The number of nitrogens with zero attached hydrogens (tertiary/aromatic N) is 4. The molecule has 9 heteroatoms. The average Bonchev–Trinajstić information content (AvgIpc) is 3.36. The van der Waals surface area contributed by atoms with E-state index in [2.05, 4.69) is 28.5 Å². The van der Waals surface area contributed by atoms with Crippen molar-refractivity contribution in [2.75, 3.05) is 11.1 Å². The summed E-state index contributed by atoms with van der Waals surface area (Å²) in [7, 11) is 0. The zero-order valence-corrected chi connectivity index (χ0v) is 17.8. The van der Waals surface area contributed by atoms with Crippen LogP contribution in [-0.2, 0) is 24.4 Å². The number of thioether (sulfide) groups is 1. The molecule has 2 aromatic heterocycles. The van der Waals surface area contributed by atoms with Gasteiger partial charge in [-0.05, 0) is 42.5 Å². The number of ether oxygens (including phenoxy) is 1. The van der Waals surface area contributed by atoms with Gasteiger partial charge in [-0.25, -0.2) is 0 Å². The maximum absolute atomic E-state index is 12.2. The van der Waals surface area contributed by atoms with E-state index in [-0.39, 0.29) is 11.7 Å². The molecule has 3 rings (SSSR count). The highest BCUT2D eigenvalue weighted by molar-refractivity contribution is 7.99. The standard InChI is InChI=1S/C20H21N5O2S2/c1-3-14-5-7-16(8-6-14)27-12-17-23-24-20(25(17)4-2)29-13-18(26)22-19-15(11-21)9-10-28-19/h5-10H,3-4,12-13H2,1-2H3,(H,22,26). The molecule has 2 heterocycles. The van der Waals surface area contributed by atoms with Crippen molar-refractivity contribution in [2.24, 2.45) is 0 Å². The average molecular weight is 428 g/mol. The summed E-state index contributed by atoms with van der Waals surface area (Å²) in [6, 6.07) is 11.7. The third-order valence-corrected chi connectivity index (χ3v) is 5.98. The Morgan fingerprint density at radius 1 is 1.28 bits per heavy atom. The van der Waals surface area contributed by atoms with Crippen molar-refractivity contribution in [3.05, 3.63) is 52.7 Å². The van der Waals surface area contributed by atoms with Gasteiger partial charge in [-0.2, -0.15) is 5.26 Å². The highest BCUT2D eigenvalue weighted by Gasteiger charge is 2.15. The van der Waals surface area contributed by atoms with Crippen LogP contribution in [0.3, 0.4) is 0 Å². The summed E-state index contributed by atoms with van der Waals surface area (Å²) in [5.41, 5.74) is 1.73. The fraction of sp³-hybridized carbons (Fsp3) is 0.300. The minimum absolute atomic E-state index is 0.181. The van der Waals surface area contributed by atoms with Crippen molar-refractivity contribution in [3.63, 3.8) is 0 Å². The first-order chi connectivity index (χ1) is 14.1. The molecule has 29 heavy (non-hydrogen) atoms. The number of amides is 1. The molecule has 0 saturated heterocycles. The minimum atomic E-state index is -0.187. The molecule has 0 unspecified atom stereocenters. The van der Waals surface area contributed by atoms with Crippen LogP contribution in [0.5, 0.6) is 5.75 Å². The van der Waals surface area contributed by atoms with E-state index in [4.69, 9.17) is 10.00 Å². The fourth-order valence-corrected chi connectivity index (χ4v) is 4.18. The minimum Gasteiger partial charge on any atom is -0.486 e. The van der Waals surface area contributed by atoms with E-state index in [0.717, 1.165) is 12.2 Å². The summed E-state index contributed by atoms with van der Waals surface area (Å²) in [6.07, 6.45) is 0.989. The lowest BCUT2D eigenvalue weighted by Crippen LogP contribution is -2.14. The van der Waals surface area contributed by atoms with E-state index < -0.39 is 0 Å². The van der Waals surface area contributed by atoms with Crippen LogP contribution in [0.1, 0.15) is 30.8 Å². The van der Waals surface area contributed by atoms with Gasteiger partial charge in [0.05, 0.1) is 11.3 Å². The molecular weight excluding hydrogens is 406 g/mol. The van der Waals surface area contributed by atoms with E-state index in [1.807, 2.05) is 35.8 Å². The van der Waals surface area contributed by atoms with Crippen LogP contribution in [-0.4, -0.2) is 26.4 Å². The first kappa shape index (κ1) is 20.9. The van der Waals surface area contributed by atoms with Crippen molar-refractivity contribution in [2.45, 2.75) is 38.6 Å². The quantitative estimate of drug-likeness (QED) is 0.517. The number of carbonyl (C=O) groups is 1. The molecule has 0 radical (unpaired) electrons. The van der Waals surface area contributed by atoms with Crippen molar-refractivity contribution >= 4 is 34.0 Å². The second-order valence-electron chi connectivity index (χ2n) is 6.04. The molecule has 0 aliphatic rings. The number of rotatable bonds is 9. The van der Waals surface area contributed by atoms with Gasteiger partial charge in [-0.1, -0.05) is 30.8 Å². The summed E-state index contributed by atoms with van der Waals surface area (Å²) < 4.78 is 7.76. The molecule has 0 atom stereocenters. The lowest BCUT2D eigenvalue weighted by atomic mass is 10.2. The predicted octanol–water partition coefficient (Wildman–Crippen LogP) is 4.10. The van der Waals surface area contributed by atoms with E-state index in [1.54, 1.807) is 11.4 Å². The second-order valence-corrected chi connectivity index (χ2v) is 7.90. The monoisotopic (exact) mass is 427 g/mol. The number of hydrogen-bond donors (Lipinski definition) is 1. The molecule has 7 nitrogen and oxygen atoms in total.